The topological polar surface area (TPSA) is 57.7 Å². The number of aryl methyl sites for hydroxylation is 2. The van der Waals surface area contributed by atoms with Crippen molar-refractivity contribution in [3.05, 3.63) is 101 Å². The highest BCUT2D eigenvalue weighted by Crippen LogP contribution is 2.26. The van der Waals surface area contributed by atoms with Gasteiger partial charge in [0.1, 0.15) is 6.67 Å². The summed E-state index contributed by atoms with van der Waals surface area (Å²) < 4.78 is 0. The molecule has 1 heterocycles. The average Bonchev–Trinajstić information content (AvgIpc) is 2.96. The van der Waals surface area contributed by atoms with E-state index >= 15 is 0 Å². The van der Waals surface area contributed by atoms with Crippen LogP contribution in [-0.4, -0.2) is 29.3 Å². The number of imide groups is 1. The van der Waals surface area contributed by atoms with Gasteiger partial charge in [-0.3, -0.25) is 24.2 Å². The summed E-state index contributed by atoms with van der Waals surface area (Å²) in [6.07, 6.45) is 0. The number of rotatable bonds is 4. The van der Waals surface area contributed by atoms with Crippen molar-refractivity contribution in [2.75, 3.05) is 11.6 Å². The maximum atomic E-state index is 13.4. The number of hydrogen-bond acceptors (Lipinski definition) is 3. The summed E-state index contributed by atoms with van der Waals surface area (Å²) in [5, 5.41) is 0. The van der Waals surface area contributed by atoms with Crippen LogP contribution in [0.3, 0.4) is 0 Å². The summed E-state index contributed by atoms with van der Waals surface area (Å²) in [7, 11) is 0. The minimum atomic E-state index is -0.389. The first-order valence-electron chi connectivity index (χ1n) is 9.36. The molecule has 3 aromatic carbocycles. The van der Waals surface area contributed by atoms with E-state index in [-0.39, 0.29) is 24.4 Å². The average molecular weight is 384 g/mol. The number of fused-ring (bicyclic) bond motifs is 1. The van der Waals surface area contributed by atoms with Gasteiger partial charge in [-0.25, -0.2) is 0 Å². The second-order valence-electron chi connectivity index (χ2n) is 7.17. The summed E-state index contributed by atoms with van der Waals surface area (Å²) in [5.41, 5.74) is 3.80. The van der Waals surface area contributed by atoms with Crippen molar-refractivity contribution in [1.29, 1.82) is 0 Å². The van der Waals surface area contributed by atoms with Crippen molar-refractivity contribution in [3.63, 3.8) is 0 Å². The number of nitrogens with zero attached hydrogens (tertiary/aromatic N) is 2. The van der Waals surface area contributed by atoms with E-state index in [2.05, 4.69) is 0 Å². The zero-order chi connectivity index (χ0) is 20.5. The largest absolute Gasteiger partial charge is 0.290 e. The Morgan fingerprint density at radius 3 is 1.97 bits per heavy atom. The number of anilines is 1. The van der Waals surface area contributed by atoms with Gasteiger partial charge in [-0.2, -0.15) is 0 Å². The lowest BCUT2D eigenvalue weighted by Gasteiger charge is -2.27. The van der Waals surface area contributed by atoms with Crippen molar-refractivity contribution in [2.24, 2.45) is 0 Å². The van der Waals surface area contributed by atoms with Gasteiger partial charge in [-0.05, 0) is 55.8 Å². The smallest absolute Gasteiger partial charge is 0.263 e. The van der Waals surface area contributed by atoms with Crippen LogP contribution in [0.4, 0.5) is 5.69 Å². The molecule has 0 aliphatic carbocycles. The molecule has 5 nitrogen and oxygen atoms in total. The SMILES string of the molecule is Cc1cccc(C(=O)N(CN2C(=O)c3ccccc3C2=O)c2cccc(C)c2)c1. The van der Waals surface area contributed by atoms with Gasteiger partial charge >= 0.3 is 0 Å². The number of carbonyl (C=O) groups excluding carboxylic acids is 3. The molecule has 0 saturated heterocycles. The highest BCUT2D eigenvalue weighted by atomic mass is 16.2. The molecule has 0 atom stereocenters. The predicted molar refractivity (Wildman–Crippen MR) is 111 cm³/mol. The van der Waals surface area contributed by atoms with Gasteiger partial charge in [-0.1, -0.05) is 42.0 Å². The summed E-state index contributed by atoms with van der Waals surface area (Å²) >= 11 is 0. The molecule has 0 radical (unpaired) electrons. The quantitative estimate of drug-likeness (QED) is 0.634. The molecule has 1 aliphatic heterocycles. The van der Waals surface area contributed by atoms with E-state index in [0.29, 0.717) is 22.4 Å². The van der Waals surface area contributed by atoms with Crippen LogP contribution < -0.4 is 4.90 Å². The Hall–Kier alpha value is -3.73. The van der Waals surface area contributed by atoms with Crippen molar-refractivity contribution in [2.45, 2.75) is 13.8 Å². The third-order valence-corrected chi connectivity index (χ3v) is 4.98. The van der Waals surface area contributed by atoms with E-state index in [4.69, 9.17) is 0 Å². The third-order valence-electron chi connectivity index (χ3n) is 4.98. The van der Waals surface area contributed by atoms with E-state index in [9.17, 15) is 14.4 Å². The number of benzene rings is 3. The predicted octanol–water partition coefficient (Wildman–Crippen LogP) is 4.20. The molecule has 1 aliphatic rings. The molecular formula is C24H20N2O3. The second-order valence-corrected chi connectivity index (χ2v) is 7.17. The molecule has 0 bridgehead atoms. The Morgan fingerprint density at radius 2 is 1.38 bits per heavy atom. The van der Waals surface area contributed by atoms with Crippen LogP contribution in [-0.2, 0) is 0 Å². The van der Waals surface area contributed by atoms with Crippen molar-refractivity contribution in [1.82, 2.24) is 4.90 Å². The zero-order valence-corrected chi connectivity index (χ0v) is 16.3. The van der Waals surface area contributed by atoms with Gasteiger partial charge in [0.05, 0.1) is 11.1 Å². The van der Waals surface area contributed by atoms with Crippen LogP contribution in [0.15, 0.2) is 72.8 Å². The van der Waals surface area contributed by atoms with Crippen LogP contribution in [0.1, 0.15) is 42.2 Å². The van der Waals surface area contributed by atoms with Crippen molar-refractivity contribution >= 4 is 23.4 Å². The summed E-state index contributed by atoms with van der Waals surface area (Å²) in [6.45, 7) is 3.70. The highest BCUT2D eigenvalue weighted by Gasteiger charge is 2.37. The Balaban J connectivity index is 1.73. The Kier molecular flexibility index (Phi) is 4.72. The van der Waals surface area contributed by atoms with Gasteiger partial charge in [-0.15, -0.1) is 0 Å². The van der Waals surface area contributed by atoms with Gasteiger partial charge < -0.3 is 0 Å². The summed E-state index contributed by atoms with van der Waals surface area (Å²) in [6, 6.07) is 21.4. The van der Waals surface area contributed by atoms with Crippen LogP contribution in [0, 0.1) is 13.8 Å². The highest BCUT2D eigenvalue weighted by molar-refractivity contribution is 6.22. The number of carbonyl (C=O) groups is 3. The number of amides is 3. The molecule has 29 heavy (non-hydrogen) atoms. The first kappa shape index (κ1) is 18.6. The molecule has 144 valence electrons. The fourth-order valence-corrected chi connectivity index (χ4v) is 3.50. The van der Waals surface area contributed by atoms with E-state index in [1.54, 1.807) is 42.5 Å². The summed E-state index contributed by atoms with van der Waals surface area (Å²) in [5.74, 6) is -1.04. The monoisotopic (exact) mass is 384 g/mol. The molecule has 0 unspecified atom stereocenters. The molecular weight excluding hydrogens is 364 g/mol. The fraction of sp³-hybridized carbons (Fsp3) is 0.125. The lowest BCUT2D eigenvalue weighted by atomic mass is 10.1. The molecule has 3 aromatic rings. The van der Waals surface area contributed by atoms with Crippen LogP contribution in [0.2, 0.25) is 0 Å². The Labute approximate surface area is 169 Å². The summed E-state index contributed by atoms with van der Waals surface area (Å²) in [4.78, 5) is 41.6. The normalized spacial score (nSPS) is 12.8. The minimum absolute atomic E-state index is 0.150. The lowest BCUT2D eigenvalue weighted by Crippen LogP contribution is -2.44. The first-order chi connectivity index (χ1) is 14.0. The van der Waals surface area contributed by atoms with E-state index < -0.39 is 0 Å². The molecule has 3 amide bonds. The standard InChI is InChI=1S/C24H20N2O3/c1-16-7-5-9-18(13-16)22(27)25(19-10-6-8-17(2)14-19)15-26-23(28)20-11-3-4-12-21(20)24(26)29/h3-14H,15H2,1-2H3. The molecule has 0 fully saturated rings. The minimum Gasteiger partial charge on any atom is -0.290 e. The van der Waals surface area contributed by atoms with Crippen LogP contribution >= 0.6 is 0 Å². The van der Waals surface area contributed by atoms with Crippen LogP contribution in [0.5, 0.6) is 0 Å². The van der Waals surface area contributed by atoms with Gasteiger partial charge in [0, 0.05) is 11.3 Å². The van der Waals surface area contributed by atoms with E-state index in [1.165, 1.54) is 4.90 Å². The van der Waals surface area contributed by atoms with Crippen LogP contribution in [0.25, 0.3) is 0 Å². The Bertz CT molecular complexity index is 1100. The first-order valence-corrected chi connectivity index (χ1v) is 9.36. The fourth-order valence-electron chi connectivity index (χ4n) is 3.50. The van der Waals surface area contributed by atoms with Crippen molar-refractivity contribution in [3.8, 4) is 0 Å². The molecule has 0 N–H and O–H groups in total. The zero-order valence-electron chi connectivity index (χ0n) is 16.3. The molecule has 5 heteroatoms. The van der Waals surface area contributed by atoms with Gasteiger partial charge in [0.15, 0.2) is 0 Å². The molecule has 4 rings (SSSR count). The molecule has 0 aromatic heterocycles. The molecule has 0 spiro atoms. The second kappa shape index (κ2) is 7.36. The lowest BCUT2D eigenvalue weighted by molar-refractivity contribution is 0.0650. The maximum Gasteiger partial charge on any atom is 0.263 e. The van der Waals surface area contributed by atoms with E-state index in [1.807, 2.05) is 44.2 Å². The molecule has 0 saturated carbocycles. The van der Waals surface area contributed by atoms with Gasteiger partial charge in [0.25, 0.3) is 17.7 Å². The van der Waals surface area contributed by atoms with Crippen molar-refractivity contribution < 1.29 is 14.4 Å². The van der Waals surface area contributed by atoms with Gasteiger partial charge in [0.2, 0.25) is 0 Å². The third kappa shape index (κ3) is 3.43. The van der Waals surface area contributed by atoms with E-state index in [0.717, 1.165) is 16.0 Å². The maximum absolute atomic E-state index is 13.4. The number of hydrogen-bond donors (Lipinski definition) is 0. The Morgan fingerprint density at radius 1 is 0.793 bits per heavy atom.